The van der Waals surface area contributed by atoms with E-state index in [2.05, 4.69) is 4.98 Å². The van der Waals surface area contributed by atoms with E-state index < -0.39 is 5.82 Å². The number of amides is 1. The van der Waals surface area contributed by atoms with Crippen LogP contribution in [-0.2, 0) is 13.6 Å². The zero-order valence-electron chi connectivity index (χ0n) is 12.2. The van der Waals surface area contributed by atoms with Crippen molar-refractivity contribution in [2.75, 3.05) is 0 Å². The van der Waals surface area contributed by atoms with Crippen LogP contribution in [-0.4, -0.2) is 26.4 Å². The van der Waals surface area contributed by atoms with Crippen molar-refractivity contribution < 1.29 is 9.18 Å². The van der Waals surface area contributed by atoms with Gasteiger partial charge in [-0.2, -0.15) is 0 Å². The normalized spacial score (nSPS) is 14.2. The van der Waals surface area contributed by atoms with E-state index in [-0.39, 0.29) is 17.5 Å². The van der Waals surface area contributed by atoms with Crippen LogP contribution < -0.4 is 0 Å². The topological polar surface area (TPSA) is 38.1 Å². The summed E-state index contributed by atoms with van der Waals surface area (Å²) in [6.07, 6.45) is 5.50. The molecule has 1 aliphatic rings. The Morgan fingerprint density at radius 3 is 2.86 bits per heavy atom. The summed E-state index contributed by atoms with van der Waals surface area (Å²) in [5, 5.41) is 0. The highest BCUT2D eigenvalue weighted by atomic mass is 19.1. The second kappa shape index (κ2) is 5.31. The first-order valence-corrected chi connectivity index (χ1v) is 7.09. The predicted molar refractivity (Wildman–Crippen MR) is 77.2 cm³/mol. The highest BCUT2D eigenvalue weighted by Crippen LogP contribution is 2.30. The largest absolute Gasteiger partial charge is 0.337 e. The van der Waals surface area contributed by atoms with Gasteiger partial charge >= 0.3 is 0 Å². The van der Waals surface area contributed by atoms with Crippen molar-refractivity contribution in [1.29, 1.82) is 0 Å². The van der Waals surface area contributed by atoms with Gasteiger partial charge in [0, 0.05) is 25.5 Å². The third kappa shape index (κ3) is 2.82. The fraction of sp³-hybridized carbons (Fsp3) is 0.375. The second-order valence-corrected chi connectivity index (χ2v) is 5.60. The second-order valence-electron chi connectivity index (χ2n) is 5.60. The lowest BCUT2D eigenvalue weighted by Gasteiger charge is -2.22. The van der Waals surface area contributed by atoms with Crippen molar-refractivity contribution in [2.24, 2.45) is 7.05 Å². The SMILES string of the molecule is Cc1ccc(F)c(C(=O)N(Cc2nccn2C)C2CC2)c1. The average molecular weight is 287 g/mol. The van der Waals surface area contributed by atoms with Crippen LogP contribution in [0.1, 0.15) is 34.6 Å². The summed E-state index contributed by atoms with van der Waals surface area (Å²) >= 11 is 0. The molecule has 0 spiro atoms. The van der Waals surface area contributed by atoms with Crippen LogP contribution in [0.15, 0.2) is 30.6 Å². The molecule has 21 heavy (non-hydrogen) atoms. The van der Waals surface area contributed by atoms with Crippen molar-refractivity contribution >= 4 is 5.91 Å². The van der Waals surface area contributed by atoms with Crippen molar-refractivity contribution in [3.05, 3.63) is 53.4 Å². The van der Waals surface area contributed by atoms with E-state index in [1.807, 2.05) is 24.7 Å². The van der Waals surface area contributed by atoms with E-state index in [0.29, 0.717) is 6.54 Å². The lowest BCUT2D eigenvalue weighted by Crippen LogP contribution is -2.34. The summed E-state index contributed by atoms with van der Waals surface area (Å²) in [5.74, 6) is 0.0982. The fourth-order valence-electron chi connectivity index (χ4n) is 2.41. The van der Waals surface area contributed by atoms with Crippen molar-refractivity contribution in [3.63, 3.8) is 0 Å². The maximum Gasteiger partial charge on any atom is 0.257 e. The quantitative estimate of drug-likeness (QED) is 0.867. The Morgan fingerprint density at radius 1 is 1.48 bits per heavy atom. The number of halogens is 1. The number of carbonyl (C=O) groups excluding carboxylic acids is 1. The molecule has 110 valence electrons. The van der Waals surface area contributed by atoms with Crippen LogP contribution in [0.25, 0.3) is 0 Å². The van der Waals surface area contributed by atoms with Gasteiger partial charge in [-0.3, -0.25) is 4.79 Å². The molecule has 0 N–H and O–H groups in total. The Kier molecular flexibility index (Phi) is 3.49. The van der Waals surface area contributed by atoms with Crippen LogP contribution in [0.2, 0.25) is 0 Å². The van der Waals surface area contributed by atoms with Gasteiger partial charge in [0.15, 0.2) is 0 Å². The molecule has 0 radical (unpaired) electrons. The van der Waals surface area contributed by atoms with Gasteiger partial charge in [-0.15, -0.1) is 0 Å². The molecule has 1 amide bonds. The van der Waals surface area contributed by atoms with Gasteiger partial charge < -0.3 is 9.47 Å². The number of imidazole rings is 1. The molecule has 0 bridgehead atoms. The Labute approximate surface area is 123 Å². The van der Waals surface area contributed by atoms with Crippen molar-refractivity contribution in [2.45, 2.75) is 32.4 Å². The first-order chi connectivity index (χ1) is 10.1. The number of carbonyl (C=O) groups is 1. The highest BCUT2D eigenvalue weighted by molar-refractivity contribution is 5.95. The average Bonchev–Trinajstić information content (AvgIpc) is 3.22. The maximum atomic E-state index is 14.0. The number of hydrogen-bond acceptors (Lipinski definition) is 2. The number of nitrogens with zero attached hydrogens (tertiary/aromatic N) is 3. The number of hydrogen-bond donors (Lipinski definition) is 0. The van der Waals surface area contributed by atoms with E-state index >= 15 is 0 Å². The summed E-state index contributed by atoms with van der Waals surface area (Å²) in [5.41, 5.74) is 1.03. The Morgan fingerprint density at radius 2 is 2.24 bits per heavy atom. The highest BCUT2D eigenvalue weighted by Gasteiger charge is 2.34. The standard InChI is InChI=1S/C16H18FN3O/c1-11-3-6-14(17)13(9-11)16(21)20(12-4-5-12)10-15-18-7-8-19(15)2/h3,6-9,12H,4-5,10H2,1-2H3. The lowest BCUT2D eigenvalue weighted by molar-refractivity contribution is 0.0719. The molecule has 0 saturated heterocycles. The van der Waals surface area contributed by atoms with Crippen LogP contribution in [0.4, 0.5) is 4.39 Å². The van der Waals surface area contributed by atoms with Gasteiger partial charge in [-0.05, 0) is 31.9 Å². The third-order valence-corrected chi connectivity index (χ3v) is 3.83. The van der Waals surface area contributed by atoms with Gasteiger partial charge in [0.2, 0.25) is 0 Å². The zero-order valence-corrected chi connectivity index (χ0v) is 12.2. The van der Waals surface area contributed by atoms with Gasteiger partial charge in [-0.1, -0.05) is 11.6 Å². The van der Waals surface area contributed by atoms with Gasteiger partial charge in [0.05, 0.1) is 12.1 Å². The zero-order chi connectivity index (χ0) is 15.0. The first-order valence-electron chi connectivity index (χ1n) is 7.09. The molecule has 0 unspecified atom stereocenters. The van der Waals surface area contributed by atoms with Crippen molar-refractivity contribution in [1.82, 2.24) is 14.5 Å². The van der Waals surface area contributed by atoms with Crippen LogP contribution >= 0.6 is 0 Å². The smallest absolute Gasteiger partial charge is 0.257 e. The number of aromatic nitrogens is 2. The van der Waals surface area contributed by atoms with E-state index in [0.717, 1.165) is 24.2 Å². The van der Waals surface area contributed by atoms with Crippen LogP contribution in [0.3, 0.4) is 0 Å². The third-order valence-electron chi connectivity index (χ3n) is 3.83. The van der Waals surface area contributed by atoms with Crippen LogP contribution in [0, 0.1) is 12.7 Å². The molecule has 1 fully saturated rings. The van der Waals surface area contributed by atoms with Crippen LogP contribution in [0.5, 0.6) is 0 Å². The van der Waals surface area contributed by atoms with Crippen molar-refractivity contribution in [3.8, 4) is 0 Å². The lowest BCUT2D eigenvalue weighted by atomic mass is 10.1. The Hall–Kier alpha value is -2.17. The summed E-state index contributed by atoms with van der Waals surface area (Å²) in [6.45, 7) is 2.27. The molecule has 3 rings (SSSR count). The van der Waals surface area contributed by atoms with Gasteiger partial charge in [0.25, 0.3) is 5.91 Å². The molecule has 5 heteroatoms. The van der Waals surface area contributed by atoms with Gasteiger partial charge in [0.1, 0.15) is 11.6 Å². The number of rotatable bonds is 4. The maximum absolute atomic E-state index is 14.0. The Bertz CT molecular complexity index is 676. The molecule has 0 aliphatic heterocycles. The summed E-state index contributed by atoms with van der Waals surface area (Å²) in [7, 11) is 1.89. The van der Waals surface area contributed by atoms with E-state index in [1.54, 1.807) is 23.2 Å². The molecule has 1 aromatic heterocycles. The fourth-order valence-corrected chi connectivity index (χ4v) is 2.41. The number of aryl methyl sites for hydroxylation is 2. The summed E-state index contributed by atoms with van der Waals surface area (Å²) in [4.78, 5) is 18.7. The summed E-state index contributed by atoms with van der Waals surface area (Å²) in [6, 6.07) is 4.85. The van der Waals surface area contributed by atoms with E-state index in [4.69, 9.17) is 0 Å². The molecule has 1 aliphatic carbocycles. The molecule has 1 aromatic carbocycles. The number of benzene rings is 1. The minimum Gasteiger partial charge on any atom is -0.337 e. The predicted octanol–water partition coefficient (Wildman–Crippen LogP) is 2.67. The minimum absolute atomic E-state index is 0.149. The molecular formula is C16H18FN3O. The molecule has 2 aromatic rings. The molecule has 4 nitrogen and oxygen atoms in total. The van der Waals surface area contributed by atoms with Gasteiger partial charge in [-0.25, -0.2) is 9.37 Å². The molecule has 1 heterocycles. The monoisotopic (exact) mass is 287 g/mol. The first kappa shape index (κ1) is 13.8. The molecule has 0 atom stereocenters. The summed E-state index contributed by atoms with van der Waals surface area (Å²) < 4.78 is 15.8. The van der Waals surface area contributed by atoms with E-state index in [9.17, 15) is 9.18 Å². The molecular weight excluding hydrogens is 269 g/mol. The minimum atomic E-state index is -0.462. The Balaban J connectivity index is 1.88. The van der Waals surface area contributed by atoms with E-state index in [1.165, 1.54) is 6.07 Å². The molecule has 1 saturated carbocycles.